The monoisotopic (exact) mass is 298 g/mol. The summed E-state index contributed by atoms with van der Waals surface area (Å²) in [7, 11) is -3.53. The Kier molecular flexibility index (Phi) is 5.35. The Balaban J connectivity index is 3.37. The summed E-state index contributed by atoms with van der Waals surface area (Å²) >= 11 is 0. The summed E-state index contributed by atoms with van der Waals surface area (Å²) in [6.07, 6.45) is 0.758. The predicted octanol–water partition coefficient (Wildman–Crippen LogP) is 2.44. The average Bonchev–Trinajstić information content (AvgIpc) is 2.35. The molecule has 0 aromatic heterocycles. The Labute approximate surface area is 123 Å². The van der Waals surface area contributed by atoms with Crippen LogP contribution in [0.3, 0.4) is 0 Å². The number of aryl methyl sites for hydroxylation is 2. The highest BCUT2D eigenvalue weighted by molar-refractivity contribution is 7.89. The minimum atomic E-state index is -3.53. The number of rotatable bonds is 6. The highest BCUT2D eigenvalue weighted by Crippen LogP contribution is 2.27. The summed E-state index contributed by atoms with van der Waals surface area (Å²) in [5.74, 6) is 0. The fourth-order valence-corrected chi connectivity index (χ4v) is 4.35. The Morgan fingerprint density at radius 2 is 1.85 bits per heavy atom. The van der Waals surface area contributed by atoms with Crippen LogP contribution in [0.25, 0.3) is 0 Å². The van der Waals surface area contributed by atoms with E-state index in [0.717, 1.165) is 17.5 Å². The molecular weight excluding hydrogens is 272 g/mol. The van der Waals surface area contributed by atoms with E-state index in [2.05, 4.69) is 0 Å². The summed E-state index contributed by atoms with van der Waals surface area (Å²) < 4.78 is 27.4. The van der Waals surface area contributed by atoms with Crippen molar-refractivity contribution in [3.05, 3.63) is 29.3 Å². The molecule has 0 amide bonds. The van der Waals surface area contributed by atoms with Gasteiger partial charge in [-0.05, 0) is 45.7 Å². The van der Waals surface area contributed by atoms with Gasteiger partial charge in [-0.1, -0.05) is 24.6 Å². The van der Waals surface area contributed by atoms with Gasteiger partial charge in [-0.3, -0.25) is 0 Å². The fraction of sp³-hybridized carbons (Fsp3) is 0.600. The molecule has 0 bridgehead atoms. The lowest BCUT2D eigenvalue weighted by Crippen LogP contribution is -2.52. The molecule has 0 aliphatic carbocycles. The van der Waals surface area contributed by atoms with Crippen LogP contribution in [0.4, 0.5) is 0 Å². The third kappa shape index (κ3) is 3.40. The second kappa shape index (κ2) is 6.24. The third-order valence-corrected chi connectivity index (χ3v) is 5.77. The lowest BCUT2D eigenvalue weighted by molar-refractivity contribution is 0.235. The number of benzene rings is 1. The van der Waals surface area contributed by atoms with E-state index in [1.807, 2.05) is 46.8 Å². The van der Waals surface area contributed by atoms with Crippen molar-refractivity contribution in [1.82, 2.24) is 4.31 Å². The van der Waals surface area contributed by atoms with Crippen LogP contribution in [-0.4, -0.2) is 31.4 Å². The maximum atomic E-state index is 12.9. The normalized spacial score (nSPS) is 12.9. The standard InChI is InChI=1S/C15H26N2O2S/c1-6-9-17(15(4,5)11-16)20(18,19)14-8-7-12(2)10-13(14)3/h7-8,10H,6,9,11,16H2,1-5H3. The van der Waals surface area contributed by atoms with E-state index < -0.39 is 15.6 Å². The number of nitrogens with zero attached hydrogens (tertiary/aromatic N) is 1. The Morgan fingerprint density at radius 3 is 2.30 bits per heavy atom. The molecule has 114 valence electrons. The largest absolute Gasteiger partial charge is 0.329 e. The average molecular weight is 298 g/mol. The predicted molar refractivity (Wildman–Crippen MR) is 83.2 cm³/mol. The summed E-state index contributed by atoms with van der Waals surface area (Å²) in [6, 6.07) is 5.42. The van der Waals surface area contributed by atoms with Crippen LogP contribution < -0.4 is 5.73 Å². The molecule has 0 heterocycles. The smallest absolute Gasteiger partial charge is 0.243 e. The lowest BCUT2D eigenvalue weighted by Gasteiger charge is -2.36. The third-order valence-electron chi connectivity index (χ3n) is 3.50. The maximum absolute atomic E-state index is 12.9. The van der Waals surface area contributed by atoms with Crippen molar-refractivity contribution in [1.29, 1.82) is 0 Å². The van der Waals surface area contributed by atoms with Crippen LogP contribution in [-0.2, 0) is 10.0 Å². The molecule has 0 aliphatic heterocycles. The van der Waals surface area contributed by atoms with Gasteiger partial charge in [0.25, 0.3) is 0 Å². The van der Waals surface area contributed by atoms with Gasteiger partial charge in [0.2, 0.25) is 10.0 Å². The van der Waals surface area contributed by atoms with Crippen molar-refractivity contribution in [2.45, 2.75) is 51.5 Å². The topological polar surface area (TPSA) is 63.4 Å². The first-order valence-electron chi connectivity index (χ1n) is 6.97. The van der Waals surface area contributed by atoms with E-state index in [1.54, 1.807) is 6.07 Å². The van der Waals surface area contributed by atoms with Crippen LogP contribution in [0.2, 0.25) is 0 Å². The molecule has 1 aromatic carbocycles. The quantitative estimate of drug-likeness (QED) is 0.877. The molecule has 1 rings (SSSR count). The number of nitrogens with two attached hydrogens (primary N) is 1. The van der Waals surface area contributed by atoms with Crippen molar-refractivity contribution in [2.24, 2.45) is 5.73 Å². The molecule has 0 saturated carbocycles. The number of sulfonamides is 1. The molecule has 0 spiro atoms. The molecule has 20 heavy (non-hydrogen) atoms. The minimum Gasteiger partial charge on any atom is -0.329 e. The van der Waals surface area contributed by atoms with Crippen molar-refractivity contribution < 1.29 is 8.42 Å². The van der Waals surface area contributed by atoms with Gasteiger partial charge in [0.1, 0.15) is 0 Å². The Morgan fingerprint density at radius 1 is 1.25 bits per heavy atom. The molecule has 1 aromatic rings. The van der Waals surface area contributed by atoms with Gasteiger partial charge in [0.05, 0.1) is 4.90 Å². The fourth-order valence-electron chi connectivity index (χ4n) is 2.26. The maximum Gasteiger partial charge on any atom is 0.243 e. The van der Waals surface area contributed by atoms with E-state index in [1.165, 1.54) is 4.31 Å². The summed E-state index contributed by atoms with van der Waals surface area (Å²) in [5, 5.41) is 0. The molecule has 0 fully saturated rings. The van der Waals surface area contributed by atoms with Crippen molar-refractivity contribution in [2.75, 3.05) is 13.1 Å². The van der Waals surface area contributed by atoms with Gasteiger partial charge in [0.15, 0.2) is 0 Å². The molecule has 0 radical (unpaired) electrons. The van der Waals surface area contributed by atoms with Gasteiger partial charge < -0.3 is 5.73 Å². The second-order valence-electron chi connectivity index (χ2n) is 5.86. The first-order chi connectivity index (χ1) is 9.16. The van der Waals surface area contributed by atoms with Crippen LogP contribution in [0.5, 0.6) is 0 Å². The summed E-state index contributed by atoms with van der Waals surface area (Å²) in [6.45, 7) is 10.2. The lowest BCUT2D eigenvalue weighted by atomic mass is 10.1. The molecule has 0 aliphatic rings. The first kappa shape index (κ1) is 17.1. The summed E-state index contributed by atoms with van der Waals surface area (Å²) in [4.78, 5) is 0.373. The number of hydrogen-bond acceptors (Lipinski definition) is 3. The minimum absolute atomic E-state index is 0.289. The SMILES string of the molecule is CCCN(C(C)(C)CN)S(=O)(=O)c1ccc(C)cc1C. The van der Waals surface area contributed by atoms with Gasteiger partial charge in [-0.2, -0.15) is 4.31 Å². The Bertz CT molecular complexity index is 565. The van der Waals surface area contributed by atoms with Gasteiger partial charge >= 0.3 is 0 Å². The van der Waals surface area contributed by atoms with Crippen LogP contribution in [0, 0.1) is 13.8 Å². The first-order valence-corrected chi connectivity index (χ1v) is 8.41. The van der Waals surface area contributed by atoms with Gasteiger partial charge in [0, 0.05) is 18.6 Å². The van der Waals surface area contributed by atoms with E-state index in [0.29, 0.717) is 11.4 Å². The molecule has 0 saturated heterocycles. The van der Waals surface area contributed by atoms with E-state index in [9.17, 15) is 8.42 Å². The molecule has 4 nitrogen and oxygen atoms in total. The van der Waals surface area contributed by atoms with Gasteiger partial charge in [-0.25, -0.2) is 8.42 Å². The van der Waals surface area contributed by atoms with Crippen LogP contribution in [0.15, 0.2) is 23.1 Å². The highest BCUT2D eigenvalue weighted by Gasteiger charge is 2.36. The van der Waals surface area contributed by atoms with Gasteiger partial charge in [-0.15, -0.1) is 0 Å². The molecule has 0 unspecified atom stereocenters. The molecule has 5 heteroatoms. The Hall–Kier alpha value is -0.910. The van der Waals surface area contributed by atoms with Crippen LogP contribution >= 0.6 is 0 Å². The zero-order valence-corrected chi connectivity index (χ0v) is 13.9. The molecular formula is C15H26N2O2S. The molecule has 2 N–H and O–H groups in total. The number of hydrogen-bond donors (Lipinski definition) is 1. The zero-order chi connectivity index (χ0) is 15.6. The van der Waals surface area contributed by atoms with E-state index in [4.69, 9.17) is 5.73 Å². The zero-order valence-electron chi connectivity index (χ0n) is 13.1. The highest BCUT2D eigenvalue weighted by atomic mass is 32.2. The van der Waals surface area contributed by atoms with Crippen molar-refractivity contribution >= 4 is 10.0 Å². The molecule has 0 atom stereocenters. The van der Waals surface area contributed by atoms with Crippen LogP contribution in [0.1, 0.15) is 38.3 Å². The van der Waals surface area contributed by atoms with Crippen molar-refractivity contribution in [3.8, 4) is 0 Å². The van der Waals surface area contributed by atoms with Crippen molar-refractivity contribution in [3.63, 3.8) is 0 Å². The van der Waals surface area contributed by atoms with E-state index >= 15 is 0 Å². The second-order valence-corrected chi connectivity index (χ2v) is 7.69. The van der Waals surface area contributed by atoms with E-state index in [-0.39, 0.29) is 6.54 Å². The summed E-state index contributed by atoms with van der Waals surface area (Å²) in [5.41, 5.74) is 7.01.